The molecule has 0 unspecified atom stereocenters. The smallest absolute Gasteiger partial charge is 0.251 e. The summed E-state index contributed by atoms with van der Waals surface area (Å²) in [5.74, 6) is -0.0923. The van der Waals surface area contributed by atoms with Crippen molar-refractivity contribution >= 4 is 5.91 Å². The average molecular weight is 194 g/mol. The second-order valence-electron chi connectivity index (χ2n) is 2.78. The number of hydrogen-bond acceptors (Lipinski definition) is 3. The van der Waals surface area contributed by atoms with E-state index in [2.05, 4.69) is 10.6 Å². The quantitative estimate of drug-likeness (QED) is 0.455. The molecule has 3 N–H and O–H groups in total. The molecule has 14 heavy (non-hydrogen) atoms. The zero-order chi connectivity index (χ0) is 10.2. The first-order chi connectivity index (χ1) is 6.84. The Morgan fingerprint density at radius 2 is 1.93 bits per heavy atom. The zero-order valence-corrected chi connectivity index (χ0v) is 7.86. The minimum atomic E-state index is -0.0923. The van der Waals surface area contributed by atoms with Gasteiger partial charge in [-0.15, -0.1) is 0 Å². The predicted octanol–water partition coefficient (Wildman–Crippen LogP) is -0.0442. The number of carbonyl (C=O) groups excluding carboxylic acids is 1. The highest BCUT2D eigenvalue weighted by atomic mass is 16.3. The number of nitrogens with one attached hydrogen (secondary N) is 2. The van der Waals surface area contributed by atoms with Crippen LogP contribution in [-0.2, 0) is 0 Å². The minimum Gasteiger partial charge on any atom is -0.381 e. The summed E-state index contributed by atoms with van der Waals surface area (Å²) in [7, 11) is 0. The number of aliphatic hydroxyl groups excluding tert-OH is 1. The van der Waals surface area contributed by atoms with Gasteiger partial charge < -0.3 is 10.4 Å². The fourth-order valence-electron chi connectivity index (χ4n) is 1.04. The molecule has 0 heterocycles. The Balaban J connectivity index is 2.29. The molecule has 1 aromatic carbocycles. The molecule has 0 radical (unpaired) electrons. The average Bonchev–Trinajstić information content (AvgIpc) is 2.25. The minimum absolute atomic E-state index is 0.0682. The molecule has 0 aliphatic rings. The first-order valence-electron chi connectivity index (χ1n) is 4.49. The highest BCUT2D eigenvalue weighted by Gasteiger charge is 2.01. The van der Waals surface area contributed by atoms with E-state index >= 15 is 0 Å². The molecule has 4 heteroatoms. The van der Waals surface area contributed by atoms with Crippen molar-refractivity contribution in [2.45, 2.75) is 0 Å². The molecule has 4 nitrogen and oxygen atoms in total. The molecule has 0 saturated carbocycles. The van der Waals surface area contributed by atoms with Crippen LogP contribution >= 0.6 is 0 Å². The fourth-order valence-corrected chi connectivity index (χ4v) is 1.04. The van der Waals surface area contributed by atoms with Gasteiger partial charge in [-0.3, -0.25) is 10.1 Å². The molecule has 1 amide bonds. The van der Waals surface area contributed by atoms with Gasteiger partial charge in [-0.2, -0.15) is 0 Å². The van der Waals surface area contributed by atoms with Gasteiger partial charge in [0, 0.05) is 18.7 Å². The Morgan fingerprint density at radius 3 is 2.57 bits per heavy atom. The van der Waals surface area contributed by atoms with E-state index in [4.69, 9.17) is 5.11 Å². The molecule has 0 bridgehead atoms. The number of hydrogen-bond donors (Lipinski definition) is 3. The van der Waals surface area contributed by atoms with Gasteiger partial charge in [0.15, 0.2) is 0 Å². The predicted molar refractivity (Wildman–Crippen MR) is 53.9 cm³/mol. The number of benzene rings is 1. The van der Waals surface area contributed by atoms with E-state index in [1.165, 1.54) is 0 Å². The lowest BCUT2D eigenvalue weighted by Crippen LogP contribution is -2.32. The molecule has 1 aromatic rings. The van der Waals surface area contributed by atoms with Crippen molar-refractivity contribution in [2.24, 2.45) is 0 Å². The van der Waals surface area contributed by atoms with Crippen molar-refractivity contribution in [1.82, 2.24) is 10.6 Å². The zero-order valence-electron chi connectivity index (χ0n) is 7.86. The van der Waals surface area contributed by atoms with Crippen molar-refractivity contribution in [1.29, 1.82) is 0 Å². The lowest BCUT2D eigenvalue weighted by molar-refractivity contribution is 0.0952. The van der Waals surface area contributed by atoms with Crippen molar-refractivity contribution in [3.05, 3.63) is 35.9 Å². The SMILES string of the molecule is O=C(NCCNCO)c1ccccc1. The largest absolute Gasteiger partial charge is 0.381 e. The summed E-state index contributed by atoms with van der Waals surface area (Å²) in [6.07, 6.45) is 0. The Labute approximate surface area is 82.9 Å². The van der Waals surface area contributed by atoms with Crippen LogP contribution in [0.4, 0.5) is 0 Å². The lowest BCUT2D eigenvalue weighted by atomic mass is 10.2. The maximum Gasteiger partial charge on any atom is 0.251 e. The maximum atomic E-state index is 11.4. The third-order valence-corrected chi connectivity index (χ3v) is 1.74. The Kier molecular flexibility index (Phi) is 4.68. The van der Waals surface area contributed by atoms with E-state index < -0.39 is 0 Å². The highest BCUT2D eigenvalue weighted by molar-refractivity contribution is 5.94. The van der Waals surface area contributed by atoms with Crippen molar-refractivity contribution in [3.63, 3.8) is 0 Å². The molecule has 0 saturated heterocycles. The first kappa shape index (κ1) is 10.7. The lowest BCUT2D eigenvalue weighted by Gasteiger charge is -2.04. The van der Waals surface area contributed by atoms with E-state index in [0.29, 0.717) is 18.7 Å². The summed E-state index contributed by atoms with van der Waals surface area (Å²) in [6.45, 7) is 1.00. The highest BCUT2D eigenvalue weighted by Crippen LogP contribution is 1.96. The summed E-state index contributed by atoms with van der Waals surface area (Å²) >= 11 is 0. The summed E-state index contributed by atoms with van der Waals surface area (Å²) < 4.78 is 0. The standard InChI is InChI=1S/C10H14N2O2/c13-8-11-6-7-12-10(14)9-4-2-1-3-5-9/h1-5,11,13H,6-8H2,(H,12,14). The molecule has 1 rings (SSSR count). The van der Waals surface area contributed by atoms with Crippen LogP contribution in [0.15, 0.2) is 30.3 Å². The van der Waals surface area contributed by atoms with Crippen molar-refractivity contribution in [3.8, 4) is 0 Å². The van der Waals surface area contributed by atoms with Gasteiger partial charge in [-0.1, -0.05) is 18.2 Å². The number of rotatable bonds is 5. The molecular formula is C10H14N2O2. The molecule has 0 fully saturated rings. The van der Waals surface area contributed by atoms with Crippen LogP contribution in [0.5, 0.6) is 0 Å². The third-order valence-electron chi connectivity index (χ3n) is 1.74. The molecule has 0 spiro atoms. The van der Waals surface area contributed by atoms with Gasteiger partial charge in [-0.25, -0.2) is 0 Å². The van der Waals surface area contributed by atoms with Crippen LogP contribution in [0.1, 0.15) is 10.4 Å². The second-order valence-corrected chi connectivity index (χ2v) is 2.78. The van der Waals surface area contributed by atoms with E-state index in [-0.39, 0.29) is 12.6 Å². The number of carbonyl (C=O) groups is 1. The monoisotopic (exact) mass is 194 g/mol. The molecular weight excluding hydrogens is 180 g/mol. The normalized spacial score (nSPS) is 9.79. The summed E-state index contributed by atoms with van der Waals surface area (Å²) in [4.78, 5) is 11.4. The molecule has 0 aromatic heterocycles. The van der Waals surface area contributed by atoms with Crippen molar-refractivity contribution in [2.75, 3.05) is 19.8 Å². The third kappa shape index (κ3) is 3.55. The first-order valence-corrected chi connectivity index (χ1v) is 4.49. The van der Waals surface area contributed by atoms with E-state index in [1.807, 2.05) is 18.2 Å². The Hall–Kier alpha value is -1.39. The molecule has 76 valence electrons. The van der Waals surface area contributed by atoms with Crippen LogP contribution in [-0.4, -0.2) is 30.8 Å². The van der Waals surface area contributed by atoms with Gasteiger partial charge in [0.05, 0.1) is 6.73 Å². The Morgan fingerprint density at radius 1 is 1.21 bits per heavy atom. The summed E-state index contributed by atoms with van der Waals surface area (Å²) in [5.41, 5.74) is 0.650. The number of aliphatic hydroxyl groups is 1. The van der Waals surface area contributed by atoms with Gasteiger partial charge in [0.2, 0.25) is 0 Å². The second kappa shape index (κ2) is 6.12. The maximum absolute atomic E-state index is 11.4. The van der Waals surface area contributed by atoms with Gasteiger partial charge in [0.25, 0.3) is 5.91 Å². The van der Waals surface area contributed by atoms with Gasteiger partial charge in [0.1, 0.15) is 0 Å². The van der Waals surface area contributed by atoms with Crippen LogP contribution in [0.2, 0.25) is 0 Å². The molecule has 0 aliphatic heterocycles. The van der Waals surface area contributed by atoms with Crippen LogP contribution in [0.3, 0.4) is 0 Å². The van der Waals surface area contributed by atoms with Crippen LogP contribution in [0, 0.1) is 0 Å². The van der Waals surface area contributed by atoms with Gasteiger partial charge in [-0.05, 0) is 12.1 Å². The van der Waals surface area contributed by atoms with Crippen molar-refractivity contribution < 1.29 is 9.90 Å². The topological polar surface area (TPSA) is 61.4 Å². The van der Waals surface area contributed by atoms with Crippen LogP contribution < -0.4 is 10.6 Å². The van der Waals surface area contributed by atoms with Gasteiger partial charge >= 0.3 is 0 Å². The summed E-state index contributed by atoms with van der Waals surface area (Å²) in [5, 5.41) is 13.8. The molecule has 0 atom stereocenters. The van der Waals surface area contributed by atoms with E-state index in [1.54, 1.807) is 12.1 Å². The fraction of sp³-hybridized carbons (Fsp3) is 0.300. The number of amides is 1. The Bertz CT molecular complexity index is 275. The molecule has 0 aliphatic carbocycles. The van der Waals surface area contributed by atoms with E-state index in [0.717, 1.165) is 0 Å². The summed E-state index contributed by atoms with van der Waals surface area (Å²) in [6, 6.07) is 9.02. The van der Waals surface area contributed by atoms with E-state index in [9.17, 15) is 4.79 Å². The van der Waals surface area contributed by atoms with Crippen LogP contribution in [0.25, 0.3) is 0 Å².